The summed E-state index contributed by atoms with van der Waals surface area (Å²) >= 11 is 0. The molecule has 1 aliphatic heterocycles. The molecule has 9 nitrogen and oxygen atoms in total. The largest absolute Gasteiger partial charge is 0.497 e. The minimum absolute atomic E-state index is 0.0190. The zero-order valence-corrected chi connectivity index (χ0v) is 16.8. The van der Waals surface area contributed by atoms with Crippen LogP contribution in [-0.2, 0) is 19.1 Å². The number of hydrazone groups is 1. The van der Waals surface area contributed by atoms with E-state index < -0.39 is 24.5 Å². The average molecular weight is 413 g/mol. The monoisotopic (exact) mass is 413 g/mol. The molecule has 2 heterocycles. The lowest BCUT2D eigenvalue weighted by molar-refractivity contribution is -0.152. The van der Waals surface area contributed by atoms with Crippen LogP contribution in [0, 0.1) is 0 Å². The molecule has 3 rings (SSSR count). The van der Waals surface area contributed by atoms with Crippen LogP contribution in [0.4, 0.5) is 0 Å². The highest BCUT2D eigenvalue weighted by Crippen LogP contribution is 2.33. The molecule has 1 aromatic heterocycles. The summed E-state index contributed by atoms with van der Waals surface area (Å²) in [5.41, 5.74) is 1.57. The second-order valence-corrected chi connectivity index (χ2v) is 6.64. The lowest BCUT2D eigenvalue weighted by atomic mass is 10.0. The third-order valence-electron chi connectivity index (χ3n) is 4.52. The van der Waals surface area contributed by atoms with Crippen molar-refractivity contribution in [2.75, 3.05) is 20.3 Å². The predicted molar refractivity (Wildman–Crippen MR) is 107 cm³/mol. The quantitative estimate of drug-likeness (QED) is 0.663. The molecule has 0 saturated carbocycles. The molecule has 1 atom stereocenters. The maximum absolute atomic E-state index is 12.7. The van der Waals surface area contributed by atoms with E-state index in [9.17, 15) is 14.4 Å². The minimum atomic E-state index is -0.579. The Morgan fingerprint density at radius 2 is 2.00 bits per heavy atom. The summed E-state index contributed by atoms with van der Waals surface area (Å²) in [6.45, 7) is 1.06. The van der Waals surface area contributed by atoms with Gasteiger partial charge >= 0.3 is 5.97 Å². The molecule has 158 valence electrons. The number of rotatable bonds is 8. The van der Waals surface area contributed by atoms with Crippen molar-refractivity contribution >= 4 is 23.5 Å². The Labute approximate surface area is 173 Å². The zero-order valence-electron chi connectivity index (χ0n) is 16.8. The highest BCUT2D eigenvalue weighted by Gasteiger charge is 2.35. The van der Waals surface area contributed by atoms with Gasteiger partial charge in [-0.05, 0) is 42.0 Å². The molecule has 1 aromatic carbocycles. The number of ether oxygens (including phenoxy) is 2. The Morgan fingerprint density at radius 1 is 1.23 bits per heavy atom. The third kappa shape index (κ3) is 5.25. The number of amides is 2. The van der Waals surface area contributed by atoms with Gasteiger partial charge in [-0.3, -0.25) is 14.4 Å². The first-order valence-electron chi connectivity index (χ1n) is 9.45. The molecule has 0 saturated heterocycles. The first-order valence-corrected chi connectivity index (χ1v) is 9.45. The van der Waals surface area contributed by atoms with Crippen LogP contribution < -0.4 is 10.1 Å². The minimum Gasteiger partial charge on any atom is -0.497 e. The number of methoxy groups -OCH3 is 1. The van der Waals surface area contributed by atoms with Crippen LogP contribution in [0.25, 0.3) is 0 Å². The molecule has 2 aromatic rings. The van der Waals surface area contributed by atoms with Crippen LogP contribution in [0.1, 0.15) is 37.1 Å². The van der Waals surface area contributed by atoms with E-state index in [4.69, 9.17) is 13.9 Å². The first kappa shape index (κ1) is 21.1. The molecule has 1 N–H and O–H groups in total. The van der Waals surface area contributed by atoms with E-state index in [1.807, 2.05) is 24.3 Å². The van der Waals surface area contributed by atoms with Gasteiger partial charge in [0.1, 0.15) is 17.6 Å². The van der Waals surface area contributed by atoms with Gasteiger partial charge in [0.2, 0.25) is 5.91 Å². The van der Waals surface area contributed by atoms with Crippen LogP contribution in [0.5, 0.6) is 5.75 Å². The lowest BCUT2D eigenvalue weighted by Gasteiger charge is -2.19. The summed E-state index contributed by atoms with van der Waals surface area (Å²) in [5, 5.41) is 8.26. The predicted octanol–water partition coefficient (Wildman–Crippen LogP) is 2.04. The summed E-state index contributed by atoms with van der Waals surface area (Å²) in [6.07, 6.45) is 1.97. The number of benzene rings is 1. The number of carbonyl (C=O) groups excluding carboxylic acids is 3. The molecule has 30 heavy (non-hydrogen) atoms. The van der Waals surface area contributed by atoms with Crippen molar-refractivity contribution in [3.8, 4) is 5.75 Å². The molecule has 0 radical (unpaired) electrons. The molecular formula is C21H23N3O6. The molecule has 0 spiro atoms. The van der Waals surface area contributed by atoms with Gasteiger partial charge in [-0.15, -0.1) is 0 Å². The number of nitrogens with zero attached hydrogens (tertiary/aromatic N) is 2. The molecule has 0 unspecified atom stereocenters. The maximum atomic E-state index is 12.7. The number of esters is 1. The molecule has 2 amide bonds. The van der Waals surface area contributed by atoms with Crippen LogP contribution >= 0.6 is 0 Å². The van der Waals surface area contributed by atoms with E-state index in [0.717, 1.165) is 11.3 Å². The van der Waals surface area contributed by atoms with Crippen LogP contribution in [-0.4, -0.2) is 48.8 Å². The van der Waals surface area contributed by atoms with Gasteiger partial charge in [0.05, 0.1) is 25.5 Å². The zero-order chi connectivity index (χ0) is 21.5. The van der Waals surface area contributed by atoms with Gasteiger partial charge in [0, 0.05) is 19.9 Å². The molecule has 9 heteroatoms. The normalized spacial score (nSPS) is 15.5. The summed E-state index contributed by atoms with van der Waals surface area (Å²) in [5.74, 6) is 0.0299. The van der Waals surface area contributed by atoms with E-state index in [2.05, 4.69) is 10.4 Å². The van der Waals surface area contributed by atoms with Crippen molar-refractivity contribution in [2.45, 2.75) is 25.8 Å². The van der Waals surface area contributed by atoms with Crippen LogP contribution in [0.2, 0.25) is 0 Å². The number of hydrogen-bond acceptors (Lipinski definition) is 7. The molecule has 1 aliphatic rings. The summed E-state index contributed by atoms with van der Waals surface area (Å²) < 4.78 is 15.7. The summed E-state index contributed by atoms with van der Waals surface area (Å²) in [6, 6.07) is 10.5. The van der Waals surface area contributed by atoms with E-state index >= 15 is 0 Å². The number of carbonyl (C=O) groups is 3. The Kier molecular flexibility index (Phi) is 6.84. The van der Waals surface area contributed by atoms with Crippen molar-refractivity contribution in [3.63, 3.8) is 0 Å². The van der Waals surface area contributed by atoms with Gasteiger partial charge in [-0.1, -0.05) is 0 Å². The van der Waals surface area contributed by atoms with Gasteiger partial charge in [-0.25, -0.2) is 5.01 Å². The Hall–Kier alpha value is -3.62. The smallest absolute Gasteiger partial charge is 0.308 e. The average Bonchev–Trinajstić information content (AvgIpc) is 3.41. The van der Waals surface area contributed by atoms with Gasteiger partial charge in [-0.2, -0.15) is 5.10 Å². The van der Waals surface area contributed by atoms with Gasteiger partial charge in [0.15, 0.2) is 6.61 Å². The fourth-order valence-corrected chi connectivity index (χ4v) is 3.02. The van der Waals surface area contributed by atoms with Crippen LogP contribution in [0.15, 0.2) is 52.2 Å². The number of furan rings is 1. The second-order valence-electron chi connectivity index (χ2n) is 6.64. The van der Waals surface area contributed by atoms with Crippen molar-refractivity contribution in [2.24, 2.45) is 5.10 Å². The highest BCUT2D eigenvalue weighted by atomic mass is 16.5. The summed E-state index contributed by atoms with van der Waals surface area (Å²) in [7, 11) is 1.59. The number of nitrogens with one attached hydrogen (secondary N) is 1. The molecule has 0 bridgehead atoms. The topological polar surface area (TPSA) is 110 Å². The Bertz CT molecular complexity index is 921. The fraction of sp³-hybridized carbons (Fsp3) is 0.333. The van der Waals surface area contributed by atoms with Crippen molar-refractivity contribution < 1.29 is 28.3 Å². The van der Waals surface area contributed by atoms with Crippen molar-refractivity contribution in [3.05, 3.63) is 54.0 Å². The van der Waals surface area contributed by atoms with E-state index in [0.29, 0.717) is 17.9 Å². The van der Waals surface area contributed by atoms with Gasteiger partial charge < -0.3 is 19.2 Å². The van der Waals surface area contributed by atoms with Crippen molar-refractivity contribution in [1.82, 2.24) is 10.3 Å². The van der Waals surface area contributed by atoms with Crippen molar-refractivity contribution in [1.29, 1.82) is 0 Å². The Balaban J connectivity index is 1.68. The van der Waals surface area contributed by atoms with E-state index in [1.165, 1.54) is 18.2 Å². The SMILES string of the molecule is COc1ccc(C2=NN(C(=O)COC(=O)CCNC(C)=O)[C@@H](c3ccco3)C2)cc1. The second kappa shape index (κ2) is 9.73. The lowest BCUT2D eigenvalue weighted by Crippen LogP contribution is -2.31. The first-order chi connectivity index (χ1) is 14.5. The van der Waals surface area contributed by atoms with Crippen LogP contribution in [0.3, 0.4) is 0 Å². The third-order valence-corrected chi connectivity index (χ3v) is 4.52. The van der Waals surface area contributed by atoms with E-state index in [-0.39, 0.29) is 18.9 Å². The molecular weight excluding hydrogens is 390 g/mol. The Morgan fingerprint density at radius 3 is 2.63 bits per heavy atom. The molecule has 0 fully saturated rings. The molecule has 0 aliphatic carbocycles. The fourth-order valence-electron chi connectivity index (χ4n) is 3.02. The van der Waals surface area contributed by atoms with Gasteiger partial charge in [0.25, 0.3) is 5.91 Å². The number of hydrogen-bond donors (Lipinski definition) is 1. The maximum Gasteiger partial charge on any atom is 0.308 e. The summed E-state index contributed by atoms with van der Waals surface area (Å²) in [4.78, 5) is 35.4. The standard InChI is InChI=1S/C21H23N3O6/c1-14(25)22-10-9-21(27)30-13-20(26)24-18(19-4-3-11-29-19)12-17(23-24)15-5-7-16(28-2)8-6-15/h3-8,11,18H,9-10,12-13H2,1-2H3,(H,22,25)/t18-/m1/s1. The highest BCUT2D eigenvalue weighted by molar-refractivity contribution is 6.03. The van der Waals surface area contributed by atoms with E-state index in [1.54, 1.807) is 19.2 Å².